The van der Waals surface area contributed by atoms with E-state index < -0.39 is 0 Å². The summed E-state index contributed by atoms with van der Waals surface area (Å²) in [5.41, 5.74) is 6.39. The van der Waals surface area contributed by atoms with Gasteiger partial charge in [-0.3, -0.25) is 4.98 Å². The van der Waals surface area contributed by atoms with Crippen LogP contribution in [0.3, 0.4) is 0 Å². The van der Waals surface area contributed by atoms with Crippen LogP contribution in [0.2, 0.25) is 0 Å². The third-order valence-electron chi connectivity index (χ3n) is 3.42. The fourth-order valence-corrected chi connectivity index (χ4v) is 2.09. The summed E-state index contributed by atoms with van der Waals surface area (Å²) in [6.07, 6.45) is 5.79. The molecule has 0 spiro atoms. The lowest BCUT2D eigenvalue weighted by Crippen LogP contribution is -2.45. The molecule has 0 amide bonds. The van der Waals surface area contributed by atoms with Gasteiger partial charge in [-0.1, -0.05) is 0 Å². The molecule has 2 aromatic rings. The predicted octanol–water partition coefficient (Wildman–Crippen LogP) is 0.0586. The smallest absolute Gasteiger partial charge is 0.199 e. The first-order valence-corrected chi connectivity index (χ1v) is 5.73. The van der Waals surface area contributed by atoms with Gasteiger partial charge in [-0.2, -0.15) is 4.52 Å². The Kier molecular flexibility index (Phi) is 2.22. The van der Waals surface area contributed by atoms with Crippen molar-refractivity contribution in [3.8, 4) is 0 Å². The topological polar surface area (TPSA) is 94.0 Å². The van der Waals surface area contributed by atoms with Gasteiger partial charge in [0.05, 0.1) is 17.9 Å². The highest BCUT2D eigenvalue weighted by Crippen LogP contribution is 2.40. The van der Waals surface area contributed by atoms with E-state index in [0.717, 1.165) is 5.82 Å². The molecule has 2 heterocycles. The van der Waals surface area contributed by atoms with E-state index in [-0.39, 0.29) is 5.54 Å². The van der Waals surface area contributed by atoms with Crippen LogP contribution < -0.4 is 11.1 Å². The zero-order chi connectivity index (χ0) is 11.9. The maximum atomic E-state index is 5.87. The Balaban J connectivity index is 1.96. The molecule has 7 nitrogen and oxygen atoms in total. The van der Waals surface area contributed by atoms with Gasteiger partial charge < -0.3 is 11.1 Å². The average molecular weight is 233 g/mol. The van der Waals surface area contributed by atoms with E-state index in [2.05, 4.69) is 32.7 Å². The van der Waals surface area contributed by atoms with Crippen LogP contribution in [0.4, 0.5) is 5.82 Å². The number of fused-ring (bicyclic) bond motifs is 1. The maximum Gasteiger partial charge on any atom is 0.199 e. The quantitative estimate of drug-likeness (QED) is 0.775. The Hall–Kier alpha value is -1.76. The molecule has 1 fully saturated rings. The third kappa shape index (κ3) is 1.72. The summed E-state index contributed by atoms with van der Waals surface area (Å²) in [5.74, 6) is 1.41. The summed E-state index contributed by atoms with van der Waals surface area (Å²) in [6.45, 7) is 2.71. The van der Waals surface area contributed by atoms with Gasteiger partial charge in [-0.15, -0.1) is 5.10 Å². The first kappa shape index (κ1) is 10.4. The minimum atomic E-state index is -0.109. The molecule has 1 aliphatic rings. The van der Waals surface area contributed by atoms with Crippen LogP contribution in [-0.2, 0) is 0 Å². The summed E-state index contributed by atoms with van der Waals surface area (Å²) < 4.78 is 1.64. The fraction of sp³-hybridized carbons (Fsp3) is 0.600. The van der Waals surface area contributed by atoms with Gasteiger partial charge >= 0.3 is 0 Å². The molecule has 3 rings (SSSR count). The molecule has 1 atom stereocenters. The SMILES string of the molecule is CC(CN)(Nc1cncc2nnnn12)C1CC1. The van der Waals surface area contributed by atoms with Crippen molar-refractivity contribution in [3.63, 3.8) is 0 Å². The van der Waals surface area contributed by atoms with Crippen LogP contribution in [0.25, 0.3) is 5.65 Å². The summed E-state index contributed by atoms with van der Waals surface area (Å²) in [4.78, 5) is 4.12. The highest BCUT2D eigenvalue weighted by atomic mass is 15.5. The van der Waals surface area contributed by atoms with E-state index >= 15 is 0 Å². The number of hydrogen-bond acceptors (Lipinski definition) is 6. The van der Waals surface area contributed by atoms with E-state index in [4.69, 9.17) is 5.73 Å². The molecule has 7 heteroatoms. The predicted molar refractivity (Wildman–Crippen MR) is 62.4 cm³/mol. The summed E-state index contributed by atoms with van der Waals surface area (Å²) >= 11 is 0. The van der Waals surface area contributed by atoms with Crippen molar-refractivity contribution in [2.75, 3.05) is 11.9 Å². The summed E-state index contributed by atoms with van der Waals surface area (Å²) in [5, 5.41) is 14.9. The van der Waals surface area contributed by atoms with Crippen molar-refractivity contribution in [3.05, 3.63) is 12.4 Å². The number of hydrogen-bond donors (Lipinski definition) is 2. The molecule has 0 saturated heterocycles. The number of aromatic nitrogens is 5. The van der Waals surface area contributed by atoms with Crippen molar-refractivity contribution in [1.29, 1.82) is 0 Å². The first-order chi connectivity index (χ1) is 8.23. The van der Waals surface area contributed by atoms with Gasteiger partial charge in [-0.25, -0.2) is 0 Å². The molecule has 0 aliphatic heterocycles. The highest BCUT2D eigenvalue weighted by molar-refractivity contribution is 5.45. The van der Waals surface area contributed by atoms with Crippen LogP contribution in [0, 0.1) is 5.92 Å². The van der Waals surface area contributed by atoms with Crippen LogP contribution in [0.5, 0.6) is 0 Å². The molecule has 0 bridgehead atoms. The van der Waals surface area contributed by atoms with Crippen LogP contribution in [0.15, 0.2) is 12.4 Å². The van der Waals surface area contributed by atoms with Crippen molar-refractivity contribution in [2.24, 2.45) is 11.7 Å². The number of nitrogens with zero attached hydrogens (tertiary/aromatic N) is 5. The number of tetrazole rings is 1. The van der Waals surface area contributed by atoms with Crippen molar-refractivity contribution < 1.29 is 0 Å². The number of nitrogens with two attached hydrogens (primary N) is 1. The zero-order valence-corrected chi connectivity index (χ0v) is 9.67. The second-order valence-corrected chi connectivity index (χ2v) is 4.76. The van der Waals surface area contributed by atoms with E-state index in [9.17, 15) is 0 Å². The molecule has 1 aliphatic carbocycles. The minimum Gasteiger partial charge on any atom is -0.362 e. The summed E-state index contributed by atoms with van der Waals surface area (Å²) in [6, 6.07) is 0. The van der Waals surface area contributed by atoms with Gasteiger partial charge in [0, 0.05) is 6.54 Å². The van der Waals surface area contributed by atoms with E-state index in [0.29, 0.717) is 18.1 Å². The lowest BCUT2D eigenvalue weighted by atomic mass is 9.96. The van der Waals surface area contributed by atoms with Gasteiger partial charge in [0.15, 0.2) is 11.5 Å². The molecule has 17 heavy (non-hydrogen) atoms. The molecule has 0 aromatic carbocycles. The van der Waals surface area contributed by atoms with E-state index in [1.165, 1.54) is 12.8 Å². The van der Waals surface area contributed by atoms with E-state index in [1.807, 2.05) is 0 Å². The van der Waals surface area contributed by atoms with Crippen molar-refractivity contribution in [1.82, 2.24) is 25.0 Å². The van der Waals surface area contributed by atoms with Gasteiger partial charge in [-0.05, 0) is 36.1 Å². The Morgan fingerprint density at radius 2 is 2.35 bits per heavy atom. The third-order valence-corrected chi connectivity index (χ3v) is 3.42. The van der Waals surface area contributed by atoms with Crippen LogP contribution in [0.1, 0.15) is 19.8 Å². The zero-order valence-electron chi connectivity index (χ0n) is 9.67. The molecule has 3 N–H and O–H groups in total. The largest absolute Gasteiger partial charge is 0.362 e. The monoisotopic (exact) mass is 233 g/mol. The first-order valence-electron chi connectivity index (χ1n) is 5.73. The minimum absolute atomic E-state index is 0.109. The average Bonchev–Trinajstić information content (AvgIpc) is 3.09. The highest BCUT2D eigenvalue weighted by Gasteiger charge is 2.40. The molecule has 90 valence electrons. The van der Waals surface area contributed by atoms with Gasteiger partial charge in [0.25, 0.3) is 0 Å². The van der Waals surface area contributed by atoms with Crippen LogP contribution >= 0.6 is 0 Å². The molecular weight excluding hydrogens is 218 g/mol. The normalized spacial score (nSPS) is 19.2. The van der Waals surface area contributed by atoms with Gasteiger partial charge in [0.2, 0.25) is 0 Å². The molecule has 0 radical (unpaired) electrons. The van der Waals surface area contributed by atoms with Crippen molar-refractivity contribution in [2.45, 2.75) is 25.3 Å². The number of nitrogens with one attached hydrogen (secondary N) is 1. The van der Waals surface area contributed by atoms with E-state index in [1.54, 1.807) is 16.9 Å². The summed E-state index contributed by atoms with van der Waals surface area (Å²) in [7, 11) is 0. The number of anilines is 1. The Morgan fingerprint density at radius 1 is 1.53 bits per heavy atom. The van der Waals surface area contributed by atoms with Crippen molar-refractivity contribution >= 4 is 11.5 Å². The second kappa shape index (κ2) is 3.63. The molecule has 1 unspecified atom stereocenters. The Labute approximate surface area is 98.4 Å². The molecule has 1 saturated carbocycles. The molecular formula is C10H15N7. The lowest BCUT2D eigenvalue weighted by molar-refractivity contribution is 0.456. The Bertz CT molecular complexity index is 532. The lowest BCUT2D eigenvalue weighted by Gasteiger charge is -2.30. The second-order valence-electron chi connectivity index (χ2n) is 4.76. The fourth-order valence-electron chi connectivity index (χ4n) is 2.09. The number of rotatable bonds is 4. The Morgan fingerprint density at radius 3 is 3.06 bits per heavy atom. The standard InChI is InChI=1S/C10H15N7/c1-10(6-11,7-2-3-7)13-8-4-12-5-9-14-15-16-17(8)9/h4-5,7,13H,2-3,6,11H2,1H3. The maximum absolute atomic E-state index is 5.87. The van der Waals surface area contributed by atoms with Gasteiger partial charge in [0.1, 0.15) is 0 Å². The molecule has 2 aromatic heterocycles. The van der Waals surface area contributed by atoms with Crippen LogP contribution in [-0.4, -0.2) is 37.1 Å².